The molecule has 0 bridgehead atoms. The maximum Gasteiger partial charge on any atom is 0.410 e. The van der Waals surface area contributed by atoms with Crippen molar-refractivity contribution in [3.63, 3.8) is 0 Å². The Balaban J connectivity index is 1.53. The van der Waals surface area contributed by atoms with Crippen molar-refractivity contribution in [2.75, 3.05) is 20.7 Å². The highest BCUT2D eigenvalue weighted by Crippen LogP contribution is 2.57. The minimum absolute atomic E-state index is 0.0834. The van der Waals surface area contributed by atoms with Crippen LogP contribution in [0, 0.1) is 5.41 Å². The van der Waals surface area contributed by atoms with Gasteiger partial charge in [-0.2, -0.15) is 5.10 Å². The van der Waals surface area contributed by atoms with Crippen molar-refractivity contribution in [3.8, 4) is 0 Å². The van der Waals surface area contributed by atoms with E-state index in [9.17, 15) is 9.59 Å². The molecule has 4 rings (SSSR count). The van der Waals surface area contributed by atoms with Gasteiger partial charge in [0.05, 0.1) is 37.7 Å². The van der Waals surface area contributed by atoms with Crippen molar-refractivity contribution < 1.29 is 19.1 Å². The van der Waals surface area contributed by atoms with Gasteiger partial charge in [-0.15, -0.1) is 0 Å². The summed E-state index contributed by atoms with van der Waals surface area (Å²) >= 11 is 0. The van der Waals surface area contributed by atoms with Crippen molar-refractivity contribution in [1.82, 2.24) is 20.0 Å². The molecule has 1 atom stereocenters. The second-order valence-corrected chi connectivity index (χ2v) is 10.1. The number of carbonyl (C=O) groups is 2. The summed E-state index contributed by atoms with van der Waals surface area (Å²) in [5.41, 5.74) is 3.53. The third-order valence-electron chi connectivity index (χ3n) is 6.59. The molecule has 1 aliphatic carbocycles. The summed E-state index contributed by atoms with van der Waals surface area (Å²) in [5.74, 6) is -0.322. The number of fused-ring (bicyclic) bond motifs is 1. The maximum absolute atomic E-state index is 12.7. The van der Waals surface area contributed by atoms with Crippen LogP contribution >= 0.6 is 0 Å². The van der Waals surface area contributed by atoms with Crippen LogP contribution in [0.15, 0.2) is 30.5 Å². The van der Waals surface area contributed by atoms with Crippen LogP contribution in [0.4, 0.5) is 4.79 Å². The third kappa shape index (κ3) is 4.90. The number of hydrogen-bond acceptors (Lipinski definition) is 6. The fourth-order valence-corrected chi connectivity index (χ4v) is 4.79. The first-order chi connectivity index (χ1) is 15.7. The smallest absolute Gasteiger partial charge is 0.410 e. The lowest BCUT2D eigenvalue weighted by Crippen LogP contribution is -2.42. The lowest BCUT2D eigenvalue weighted by atomic mass is 9.84. The minimum atomic E-state index is -0.521. The number of ether oxygens (including phenoxy) is 2. The highest BCUT2D eigenvalue weighted by molar-refractivity contribution is 5.89. The van der Waals surface area contributed by atoms with Gasteiger partial charge in [0.1, 0.15) is 5.60 Å². The molecule has 1 unspecified atom stereocenters. The number of nitrogens with zero attached hydrogens (tertiary/aromatic N) is 3. The zero-order chi connectivity index (χ0) is 23.8. The van der Waals surface area contributed by atoms with Crippen LogP contribution in [0.2, 0.25) is 0 Å². The first-order valence-electron chi connectivity index (χ1n) is 11.5. The zero-order valence-electron chi connectivity index (χ0n) is 20.2. The molecule has 0 radical (unpaired) electrons. The van der Waals surface area contributed by atoms with Crippen LogP contribution in [0.1, 0.15) is 66.8 Å². The van der Waals surface area contributed by atoms with Gasteiger partial charge in [-0.05, 0) is 70.2 Å². The van der Waals surface area contributed by atoms with E-state index in [1.54, 1.807) is 4.90 Å². The molecular formula is C25H34N4O4. The second kappa shape index (κ2) is 8.82. The Kier molecular flexibility index (Phi) is 6.22. The van der Waals surface area contributed by atoms with Gasteiger partial charge in [-0.3, -0.25) is 4.68 Å². The summed E-state index contributed by atoms with van der Waals surface area (Å²) in [7, 11) is 3.38. The van der Waals surface area contributed by atoms with Crippen LogP contribution in [0.5, 0.6) is 0 Å². The zero-order valence-corrected chi connectivity index (χ0v) is 20.2. The normalized spacial score (nSPS) is 17.8. The van der Waals surface area contributed by atoms with Gasteiger partial charge in [0, 0.05) is 18.2 Å². The summed E-state index contributed by atoms with van der Waals surface area (Å²) in [6.45, 7) is 7.40. The summed E-state index contributed by atoms with van der Waals surface area (Å²) in [6.07, 6.45) is 4.79. The number of benzene rings is 1. The van der Waals surface area contributed by atoms with Crippen molar-refractivity contribution in [2.24, 2.45) is 5.41 Å². The summed E-state index contributed by atoms with van der Waals surface area (Å²) in [6, 6.07) is 7.80. The lowest BCUT2D eigenvalue weighted by molar-refractivity contribution is 0.0193. The molecule has 1 N–H and O–H groups in total. The Bertz CT molecular complexity index is 1020. The lowest BCUT2D eigenvalue weighted by Gasteiger charge is -2.33. The first kappa shape index (κ1) is 23.3. The van der Waals surface area contributed by atoms with Gasteiger partial charge in [0.15, 0.2) is 0 Å². The topological polar surface area (TPSA) is 85.7 Å². The van der Waals surface area contributed by atoms with E-state index in [0.29, 0.717) is 25.2 Å². The number of hydrogen-bond donors (Lipinski definition) is 1. The molecule has 1 aliphatic heterocycles. The molecule has 8 heteroatoms. The van der Waals surface area contributed by atoms with Crippen LogP contribution in [0.25, 0.3) is 0 Å². The highest BCUT2D eigenvalue weighted by atomic mass is 16.6. The predicted octanol–water partition coefficient (Wildman–Crippen LogP) is 3.70. The minimum Gasteiger partial charge on any atom is -0.465 e. The molecule has 1 aromatic heterocycles. The maximum atomic E-state index is 12.7. The Morgan fingerprint density at radius 2 is 1.88 bits per heavy atom. The van der Waals surface area contributed by atoms with Gasteiger partial charge in [0.2, 0.25) is 0 Å². The van der Waals surface area contributed by atoms with Gasteiger partial charge in [-0.1, -0.05) is 12.1 Å². The van der Waals surface area contributed by atoms with E-state index >= 15 is 0 Å². The number of aromatic nitrogens is 2. The second-order valence-electron chi connectivity index (χ2n) is 10.1. The van der Waals surface area contributed by atoms with Crippen molar-refractivity contribution in [1.29, 1.82) is 0 Å². The van der Waals surface area contributed by atoms with E-state index in [1.165, 1.54) is 12.7 Å². The fourth-order valence-electron chi connectivity index (χ4n) is 4.79. The first-order valence-corrected chi connectivity index (χ1v) is 11.5. The molecule has 1 amide bonds. The molecule has 0 saturated heterocycles. The van der Waals surface area contributed by atoms with E-state index in [2.05, 4.69) is 10.4 Å². The van der Waals surface area contributed by atoms with Crippen molar-refractivity contribution >= 4 is 12.1 Å². The number of amides is 1. The fraction of sp³-hybridized carbons (Fsp3) is 0.560. The SMILES string of the molecule is CNC(c1cnn2c1CN(C(=O)OC(C)(C)C)CC2)C1(Cc2ccc(C(=O)OC)cc2)CC1. The Morgan fingerprint density at radius 1 is 1.18 bits per heavy atom. The average molecular weight is 455 g/mol. The molecule has 1 aromatic carbocycles. The number of esters is 1. The Labute approximate surface area is 195 Å². The van der Waals surface area contributed by atoms with Gasteiger partial charge in [-0.25, -0.2) is 9.59 Å². The number of rotatable bonds is 6. The molecule has 1 saturated carbocycles. The van der Waals surface area contributed by atoms with Crippen molar-refractivity contribution in [3.05, 3.63) is 52.8 Å². The molecule has 8 nitrogen and oxygen atoms in total. The van der Waals surface area contributed by atoms with E-state index in [0.717, 1.165) is 30.5 Å². The predicted molar refractivity (Wildman–Crippen MR) is 124 cm³/mol. The number of carbonyl (C=O) groups excluding carboxylic acids is 2. The quantitative estimate of drug-likeness (QED) is 0.670. The largest absolute Gasteiger partial charge is 0.465 e. The average Bonchev–Trinajstić information content (AvgIpc) is 3.43. The van der Waals surface area contributed by atoms with Crippen molar-refractivity contribution in [2.45, 2.75) is 64.8 Å². The molecule has 33 heavy (non-hydrogen) atoms. The van der Waals surface area contributed by atoms with Crippen LogP contribution in [0.3, 0.4) is 0 Å². The van der Waals surface area contributed by atoms with Crippen LogP contribution in [-0.4, -0.2) is 53.0 Å². The summed E-state index contributed by atoms with van der Waals surface area (Å²) in [4.78, 5) is 26.2. The van der Waals surface area contributed by atoms with Gasteiger partial charge in [0.25, 0.3) is 0 Å². The third-order valence-corrected chi connectivity index (χ3v) is 6.59. The van der Waals surface area contributed by atoms with Crippen LogP contribution in [-0.2, 0) is 29.0 Å². The van der Waals surface area contributed by atoms with E-state index in [4.69, 9.17) is 9.47 Å². The van der Waals surface area contributed by atoms with E-state index in [1.807, 2.05) is 63.0 Å². The van der Waals surface area contributed by atoms with E-state index in [-0.39, 0.29) is 23.5 Å². The standard InChI is InChI=1S/C25H34N4O4/c1-24(2,3)33-23(31)28-12-13-29-20(16-28)19(15-27-29)21(26-4)25(10-11-25)14-17-6-8-18(9-7-17)22(30)32-5/h6-9,15,21,26H,10-14,16H2,1-5H3. The van der Waals surface area contributed by atoms with E-state index < -0.39 is 5.60 Å². The molecular weight excluding hydrogens is 420 g/mol. The monoisotopic (exact) mass is 454 g/mol. The molecule has 0 spiro atoms. The molecule has 2 heterocycles. The summed E-state index contributed by atoms with van der Waals surface area (Å²) < 4.78 is 12.4. The molecule has 178 valence electrons. The molecule has 2 aromatic rings. The highest BCUT2D eigenvalue weighted by Gasteiger charge is 2.50. The number of nitrogens with one attached hydrogen (secondary N) is 1. The van der Waals surface area contributed by atoms with Crippen LogP contribution < -0.4 is 5.32 Å². The Hall–Kier alpha value is -2.87. The molecule has 1 fully saturated rings. The summed E-state index contributed by atoms with van der Waals surface area (Å²) in [5, 5.41) is 8.17. The Morgan fingerprint density at radius 3 is 2.45 bits per heavy atom. The number of methoxy groups -OCH3 is 1. The van der Waals surface area contributed by atoms with Gasteiger partial charge < -0.3 is 19.7 Å². The molecule has 2 aliphatic rings. The van der Waals surface area contributed by atoms with Gasteiger partial charge >= 0.3 is 12.1 Å².